The Morgan fingerprint density at radius 3 is 2.75 bits per heavy atom. The fourth-order valence-electron chi connectivity index (χ4n) is 4.38. The fourth-order valence-corrected chi connectivity index (χ4v) is 5.01. The first-order valence-corrected chi connectivity index (χ1v) is 13.3. The standard InChI is InChI=1S/C24H36N8O3S/c1-16-30-14-18(5-2-4-17-7-10-27-11-8-17)23(35)32(16)15-20(33)31-19(6-3-9-29-24(25)26)21(34)22-28-12-13-36-22/h12-14,17,19,27H,2-11,15H2,1H3,(H,31,33)(H4,25,26,29)/t19-/m0/s1. The summed E-state index contributed by atoms with van der Waals surface area (Å²) < 4.78 is 1.37. The Hall–Kier alpha value is -3.12. The number of rotatable bonds is 13. The van der Waals surface area contributed by atoms with Gasteiger partial charge in [0.15, 0.2) is 11.0 Å². The summed E-state index contributed by atoms with van der Waals surface area (Å²) in [6.07, 6.45) is 8.96. The highest BCUT2D eigenvalue weighted by Crippen LogP contribution is 2.18. The Bertz CT molecular complexity index is 1090. The van der Waals surface area contributed by atoms with Crippen molar-refractivity contribution < 1.29 is 9.59 Å². The molecule has 0 spiro atoms. The topological polar surface area (TPSA) is 170 Å². The lowest BCUT2D eigenvalue weighted by molar-refractivity contribution is -0.122. The van der Waals surface area contributed by atoms with E-state index in [1.807, 2.05) is 0 Å². The van der Waals surface area contributed by atoms with Crippen molar-refractivity contribution in [3.05, 3.63) is 44.5 Å². The molecule has 0 bridgehead atoms. The summed E-state index contributed by atoms with van der Waals surface area (Å²) in [5.74, 6) is 0.395. The van der Waals surface area contributed by atoms with Gasteiger partial charge in [-0.25, -0.2) is 9.97 Å². The summed E-state index contributed by atoms with van der Waals surface area (Å²) in [6.45, 7) is 3.93. The van der Waals surface area contributed by atoms with Crippen LogP contribution in [0.15, 0.2) is 27.6 Å². The molecule has 0 unspecified atom stereocenters. The van der Waals surface area contributed by atoms with Gasteiger partial charge in [-0.1, -0.05) is 6.42 Å². The van der Waals surface area contributed by atoms with E-state index in [-0.39, 0.29) is 23.8 Å². The lowest BCUT2D eigenvalue weighted by atomic mass is 9.92. The monoisotopic (exact) mass is 516 g/mol. The molecule has 11 nitrogen and oxygen atoms in total. The molecule has 1 saturated heterocycles. The van der Waals surface area contributed by atoms with Crippen molar-refractivity contribution in [2.45, 2.75) is 64.5 Å². The van der Waals surface area contributed by atoms with Crippen LogP contribution in [-0.2, 0) is 17.8 Å². The molecule has 1 aliphatic rings. The van der Waals surface area contributed by atoms with Crippen LogP contribution in [0.2, 0.25) is 0 Å². The van der Waals surface area contributed by atoms with Crippen molar-refractivity contribution in [1.82, 2.24) is 25.2 Å². The number of carbonyl (C=O) groups is 2. The maximum Gasteiger partial charge on any atom is 0.257 e. The number of nitrogens with zero attached hydrogens (tertiary/aromatic N) is 4. The molecule has 0 saturated carbocycles. The van der Waals surface area contributed by atoms with E-state index >= 15 is 0 Å². The SMILES string of the molecule is Cc1ncc(CCCC2CCNCC2)c(=O)n1CC(=O)N[C@@H](CCCN=C(N)N)C(=O)c1nccs1. The predicted octanol–water partition coefficient (Wildman–Crippen LogP) is 0.752. The minimum atomic E-state index is -0.796. The molecule has 6 N–H and O–H groups in total. The third kappa shape index (κ3) is 8.23. The zero-order chi connectivity index (χ0) is 25.9. The van der Waals surface area contributed by atoms with Crippen LogP contribution in [0.1, 0.15) is 59.7 Å². The first-order chi connectivity index (χ1) is 17.3. The van der Waals surface area contributed by atoms with E-state index in [4.69, 9.17) is 11.5 Å². The number of hydrogen-bond donors (Lipinski definition) is 4. The van der Waals surface area contributed by atoms with Crippen LogP contribution >= 0.6 is 11.3 Å². The maximum atomic E-state index is 13.1. The number of amides is 1. The molecule has 2 aromatic rings. The number of Topliss-reactive ketones (excluding diaryl/α,β-unsaturated/α-hetero) is 1. The van der Waals surface area contributed by atoms with Gasteiger partial charge in [0.1, 0.15) is 12.4 Å². The highest BCUT2D eigenvalue weighted by atomic mass is 32.1. The second kappa shape index (κ2) is 13.8. The van der Waals surface area contributed by atoms with E-state index < -0.39 is 11.9 Å². The van der Waals surface area contributed by atoms with E-state index in [0.717, 1.165) is 25.9 Å². The summed E-state index contributed by atoms with van der Waals surface area (Å²) >= 11 is 1.21. The molecule has 1 aliphatic heterocycles. The Labute approximate surface area is 214 Å². The molecule has 3 rings (SSSR count). The first-order valence-electron chi connectivity index (χ1n) is 12.4. The van der Waals surface area contributed by atoms with Crippen LogP contribution in [0.4, 0.5) is 0 Å². The zero-order valence-corrected chi connectivity index (χ0v) is 21.6. The van der Waals surface area contributed by atoms with Gasteiger partial charge < -0.3 is 22.1 Å². The van der Waals surface area contributed by atoms with Crippen LogP contribution < -0.4 is 27.7 Å². The largest absolute Gasteiger partial charge is 0.370 e. The summed E-state index contributed by atoms with van der Waals surface area (Å²) in [5, 5.41) is 8.16. The van der Waals surface area contributed by atoms with Gasteiger partial charge >= 0.3 is 0 Å². The van der Waals surface area contributed by atoms with Gasteiger partial charge in [0.05, 0.1) is 6.04 Å². The molecule has 36 heavy (non-hydrogen) atoms. The van der Waals surface area contributed by atoms with Crippen molar-refractivity contribution in [1.29, 1.82) is 0 Å². The summed E-state index contributed by atoms with van der Waals surface area (Å²) in [7, 11) is 0. The van der Waals surface area contributed by atoms with Crippen molar-refractivity contribution in [2.75, 3.05) is 19.6 Å². The Morgan fingerprint density at radius 2 is 2.06 bits per heavy atom. The van der Waals surface area contributed by atoms with E-state index in [9.17, 15) is 14.4 Å². The van der Waals surface area contributed by atoms with Crippen molar-refractivity contribution in [3.8, 4) is 0 Å². The third-order valence-electron chi connectivity index (χ3n) is 6.38. The fraction of sp³-hybridized carbons (Fsp3) is 0.583. The average molecular weight is 517 g/mol. The first kappa shape index (κ1) is 27.5. The van der Waals surface area contributed by atoms with Crippen LogP contribution in [0.5, 0.6) is 0 Å². The highest BCUT2D eigenvalue weighted by molar-refractivity contribution is 7.11. The van der Waals surface area contributed by atoms with E-state index in [1.165, 1.54) is 28.7 Å². The molecule has 1 fully saturated rings. The lowest BCUT2D eigenvalue weighted by Gasteiger charge is -2.22. The summed E-state index contributed by atoms with van der Waals surface area (Å²) in [5.41, 5.74) is 11.1. The number of nitrogens with two attached hydrogens (primary N) is 2. The van der Waals surface area contributed by atoms with Crippen LogP contribution in [0.25, 0.3) is 0 Å². The molecule has 1 amide bonds. The van der Waals surface area contributed by atoms with Gasteiger partial charge in [-0.05, 0) is 64.5 Å². The number of guanidine groups is 1. The van der Waals surface area contributed by atoms with Gasteiger partial charge in [-0.3, -0.25) is 23.9 Å². The maximum absolute atomic E-state index is 13.1. The van der Waals surface area contributed by atoms with Gasteiger partial charge in [0.25, 0.3) is 5.56 Å². The Morgan fingerprint density at radius 1 is 1.28 bits per heavy atom. The molecule has 0 aromatic carbocycles. The van der Waals surface area contributed by atoms with E-state index in [2.05, 4.69) is 25.6 Å². The molecular formula is C24H36N8O3S. The molecule has 2 aromatic heterocycles. The minimum Gasteiger partial charge on any atom is -0.370 e. The smallest absolute Gasteiger partial charge is 0.257 e. The number of aliphatic imine (C=N–C) groups is 1. The molecule has 3 heterocycles. The number of carbonyl (C=O) groups excluding carboxylic acids is 2. The molecule has 0 radical (unpaired) electrons. The number of aryl methyl sites for hydroxylation is 2. The number of hydrogen-bond acceptors (Lipinski definition) is 8. The molecule has 196 valence electrons. The summed E-state index contributed by atoms with van der Waals surface area (Å²) in [4.78, 5) is 51.3. The molecular weight excluding hydrogens is 480 g/mol. The number of ketones is 1. The number of nitrogens with one attached hydrogen (secondary N) is 2. The molecule has 12 heteroatoms. The number of piperidine rings is 1. The Kier molecular flexibility index (Phi) is 10.6. The second-order valence-corrected chi connectivity index (χ2v) is 9.97. The molecule has 0 aliphatic carbocycles. The van der Waals surface area contributed by atoms with Gasteiger partial charge in [0.2, 0.25) is 11.7 Å². The summed E-state index contributed by atoms with van der Waals surface area (Å²) in [6, 6.07) is -0.796. The quantitative estimate of drug-likeness (QED) is 0.131. The van der Waals surface area contributed by atoms with Crippen molar-refractivity contribution in [3.63, 3.8) is 0 Å². The van der Waals surface area contributed by atoms with Crippen molar-refractivity contribution in [2.24, 2.45) is 22.4 Å². The van der Waals surface area contributed by atoms with Crippen LogP contribution in [-0.4, -0.2) is 57.9 Å². The number of thiazole rings is 1. The third-order valence-corrected chi connectivity index (χ3v) is 7.16. The van der Waals surface area contributed by atoms with Gasteiger partial charge in [-0.15, -0.1) is 11.3 Å². The minimum absolute atomic E-state index is 0.0279. The van der Waals surface area contributed by atoms with E-state index in [0.29, 0.717) is 48.1 Å². The molecule has 1 atom stereocenters. The Balaban J connectivity index is 1.63. The van der Waals surface area contributed by atoms with Gasteiger partial charge in [0, 0.05) is 29.9 Å². The lowest BCUT2D eigenvalue weighted by Crippen LogP contribution is -2.44. The normalized spacial score (nSPS) is 14.8. The predicted molar refractivity (Wildman–Crippen MR) is 140 cm³/mol. The van der Waals surface area contributed by atoms with Gasteiger partial charge in [-0.2, -0.15) is 0 Å². The van der Waals surface area contributed by atoms with Crippen molar-refractivity contribution >= 4 is 29.0 Å². The average Bonchev–Trinajstić information content (AvgIpc) is 3.40. The number of aromatic nitrogens is 3. The van der Waals surface area contributed by atoms with E-state index in [1.54, 1.807) is 24.7 Å². The van der Waals surface area contributed by atoms with Crippen LogP contribution in [0.3, 0.4) is 0 Å². The van der Waals surface area contributed by atoms with Crippen LogP contribution in [0, 0.1) is 12.8 Å². The second-order valence-electron chi connectivity index (χ2n) is 9.08. The highest BCUT2D eigenvalue weighted by Gasteiger charge is 2.24. The zero-order valence-electron chi connectivity index (χ0n) is 20.7.